The Balaban J connectivity index is 0.00000480. The van der Waals surface area contributed by atoms with E-state index in [1.165, 1.54) is 0 Å². The monoisotopic (exact) mass is 554 g/mol. The van der Waals surface area contributed by atoms with Gasteiger partial charge in [0.05, 0.1) is 18.8 Å². The number of guanidine groups is 1. The summed E-state index contributed by atoms with van der Waals surface area (Å²) in [5.41, 5.74) is 2.62. The van der Waals surface area contributed by atoms with Gasteiger partial charge in [-0.05, 0) is 24.0 Å². The van der Waals surface area contributed by atoms with Crippen LogP contribution in [-0.2, 0) is 24.4 Å². The van der Waals surface area contributed by atoms with Crippen LogP contribution in [0.15, 0.2) is 39.8 Å². The van der Waals surface area contributed by atoms with Crippen LogP contribution in [0.4, 0.5) is 13.2 Å². The quantitative estimate of drug-likeness (QED) is 0.242. The van der Waals surface area contributed by atoms with E-state index in [-0.39, 0.29) is 30.6 Å². The molecule has 0 fully saturated rings. The van der Waals surface area contributed by atoms with Crippen LogP contribution in [0.5, 0.6) is 0 Å². The highest BCUT2D eigenvalue weighted by Crippen LogP contribution is 2.22. The molecule has 10 heteroatoms. The molecular formula is C21H30F3IN4O2. The summed E-state index contributed by atoms with van der Waals surface area (Å²) in [6.07, 6.45) is -2.27. The van der Waals surface area contributed by atoms with Gasteiger partial charge in [-0.3, -0.25) is 4.99 Å². The Hall–Kier alpha value is -1.82. The minimum atomic E-state index is -4.31. The number of rotatable bonds is 10. The standard InChI is InChI=1S/C21H29F3N4O2.HI/c1-4-17(5-2)19-10-18(30-28-19)12-27-20(25-3)26-11-15-6-8-16(9-7-15)13-29-14-21(22,23)24;/h6-10,17H,4-5,11-14H2,1-3H3,(H2,25,26,27);1H. The van der Waals surface area contributed by atoms with Gasteiger partial charge in [-0.2, -0.15) is 13.2 Å². The molecule has 31 heavy (non-hydrogen) atoms. The number of aromatic nitrogens is 1. The predicted molar refractivity (Wildman–Crippen MR) is 124 cm³/mol. The lowest BCUT2D eigenvalue weighted by Crippen LogP contribution is -2.36. The molecule has 0 amide bonds. The molecule has 0 bridgehead atoms. The fourth-order valence-corrected chi connectivity index (χ4v) is 2.93. The second-order valence-electron chi connectivity index (χ2n) is 6.94. The number of nitrogens with zero attached hydrogens (tertiary/aromatic N) is 2. The Morgan fingerprint density at radius 2 is 1.71 bits per heavy atom. The van der Waals surface area contributed by atoms with Crippen molar-refractivity contribution in [3.05, 3.63) is 52.9 Å². The van der Waals surface area contributed by atoms with Crippen molar-refractivity contribution >= 4 is 29.9 Å². The molecule has 0 aliphatic carbocycles. The number of benzene rings is 1. The number of aliphatic imine (C=N–C) groups is 1. The Labute approximate surface area is 198 Å². The lowest BCUT2D eigenvalue weighted by molar-refractivity contribution is -0.176. The first-order chi connectivity index (χ1) is 14.3. The predicted octanol–water partition coefficient (Wildman–Crippen LogP) is 5.14. The third-order valence-corrected chi connectivity index (χ3v) is 4.65. The van der Waals surface area contributed by atoms with Crippen molar-refractivity contribution in [2.75, 3.05) is 13.7 Å². The lowest BCUT2D eigenvalue weighted by Gasteiger charge is -2.11. The van der Waals surface area contributed by atoms with Crippen molar-refractivity contribution in [3.63, 3.8) is 0 Å². The Bertz CT molecular complexity index is 791. The number of alkyl halides is 3. The number of hydrogen-bond donors (Lipinski definition) is 2. The highest BCUT2D eigenvalue weighted by Gasteiger charge is 2.27. The molecule has 0 saturated heterocycles. The molecule has 0 spiro atoms. The first-order valence-corrected chi connectivity index (χ1v) is 9.96. The van der Waals surface area contributed by atoms with Crippen LogP contribution in [0.3, 0.4) is 0 Å². The van der Waals surface area contributed by atoms with Gasteiger partial charge in [-0.15, -0.1) is 24.0 Å². The van der Waals surface area contributed by atoms with E-state index in [4.69, 9.17) is 4.52 Å². The van der Waals surface area contributed by atoms with Crippen molar-refractivity contribution in [3.8, 4) is 0 Å². The summed E-state index contributed by atoms with van der Waals surface area (Å²) < 4.78 is 46.4. The van der Waals surface area contributed by atoms with E-state index in [0.717, 1.165) is 29.9 Å². The summed E-state index contributed by atoms with van der Waals surface area (Å²) in [4.78, 5) is 4.18. The van der Waals surface area contributed by atoms with Crippen molar-refractivity contribution in [1.82, 2.24) is 15.8 Å². The highest BCUT2D eigenvalue weighted by atomic mass is 127. The Morgan fingerprint density at radius 1 is 1.10 bits per heavy atom. The fraction of sp³-hybridized carbons (Fsp3) is 0.524. The lowest BCUT2D eigenvalue weighted by atomic mass is 9.99. The summed E-state index contributed by atoms with van der Waals surface area (Å²) in [5, 5.41) is 10.5. The van der Waals surface area contributed by atoms with Gasteiger partial charge in [0.15, 0.2) is 11.7 Å². The van der Waals surface area contributed by atoms with E-state index in [1.54, 1.807) is 19.2 Å². The molecular weight excluding hydrogens is 524 g/mol. The van der Waals surface area contributed by atoms with Gasteiger partial charge in [0.25, 0.3) is 0 Å². The van der Waals surface area contributed by atoms with Gasteiger partial charge in [-0.25, -0.2) is 0 Å². The van der Waals surface area contributed by atoms with Gasteiger partial charge >= 0.3 is 6.18 Å². The van der Waals surface area contributed by atoms with Crippen LogP contribution < -0.4 is 10.6 Å². The maximum absolute atomic E-state index is 12.1. The van der Waals surface area contributed by atoms with Gasteiger partial charge in [-0.1, -0.05) is 43.3 Å². The maximum Gasteiger partial charge on any atom is 0.411 e. The van der Waals surface area contributed by atoms with Crippen molar-refractivity contribution < 1.29 is 22.4 Å². The molecule has 1 heterocycles. The zero-order valence-electron chi connectivity index (χ0n) is 18.0. The average Bonchev–Trinajstić information content (AvgIpc) is 3.18. The SMILES string of the molecule is CCC(CC)c1cc(CNC(=NC)NCc2ccc(COCC(F)(F)F)cc2)on1.I. The number of halogens is 4. The molecule has 1 aromatic heterocycles. The van der Waals surface area contributed by atoms with E-state index in [2.05, 4.69) is 39.4 Å². The molecule has 0 saturated carbocycles. The second kappa shape index (κ2) is 13.6. The molecule has 0 aliphatic rings. The number of nitrogens with one attached hydrogen (secondary N) is 2. The maximum atomic E-state index is 12.1. The average molecular weight is 554 g/mol. The summed E-state index contributed by atoms with van der Waals surface area (Å²) in [6.45, 7) is 3.92. The minimum Gasteiger partial charge on any atom is -0.367 e. The highest BCUT2D eigenvalue weighted by molar-refractivity contribution is 14.0. The van der Waals surface area contributed by atoms with Gasteiger partial charge in [0.2, 0.25) is 0 Å². The summed E-state index contributed by atoms with van der Waals surface area (Å²) in [7, 11) is 1.67. The van der Waals surface area contributed by atoms with E-state index in [9.17, 15) is 13.2 Å². The van der Waals surface area contributed by atoms with E-state index < -0.39 is 12.8 Å². The molecule has 2 rings (SSSR count). The van der Waals surface area contributed by atoms with Crippen LogP contribution in [0.2, 0.25) is 0 Å². The van der Waals surface area contributed by atoms with E-state index in [0.29, 0.717) is 30.5 Å². The van der Waals surface area contributed by atoms with Crippen LogP contribution >= 0.6 is 24.0 Å². The van der Waals surface area contributed by atoms with Gasteiger partial charge < -0.3 is 19.9 Å². The zero-order valence-corrected chi connectivity index (χ0v) is 20.3. The third kappa shape index (κ3) is 9.90. The molecule has 0 aliphatic heterocycles. The molecule has 0 unspecified atom stereocenters. The smallest absolute Gasteiger partial charge is 0.367 e. The number of ether oxygens (including phenoxy) is 1. The first kappa shape index (κ1) is 27.2. The van der Waals surface area contributed by atoms with Crippen molar-refractivity contribution in [2.45, 2.75) is 58.5 Å². The van der Waals surface area contributed by atoms with Crippen LogP contribution in [-0.4, -0.2) is 30.9 Å². The topological polar surface area (TPSA) is 71.7 Å². The zero-order chi connectivity index (χ0) is 22.0. The molecule has 6 nitrogen and oxygen atoms in total. The van der Waals surface area contributed by atoms with E-state index in [1.807, 2.05) is 18.2 Å². The molecule has 0 radical (unpaired) electrons. The fourth-order valence-electron chi connectivity index (χ4n) is 2.93. The normalized spacial score (nSPS) is 12.0. The van der Waals surface area contributed by atoms with Crippen molar-refractivity contribution in [1.29, 1.82) is 0 Å². The summed E-state index contributed by atoms with van der Waals surface area (Å²) >= 11 is 0. The molecule has 174 valence electrons. The molecule has 2 N–H and O–H groups in total. The van der Waals surface area contributed by atoms with Crippen LogP contribution in [0, 0.1) is 0 Å². The second-order valence-corrected chi connectivity index (χ2v) is 6.94. The Kier molecular flexibility index (Phi) is 11.9. The largest absolute Gasteiger partial charge is 0.411 e. The summed E-state index contributed by atoms with van der Waals surface area (Å²) in [5.74, 6) is 1.75. The molecule has 2 aromatic rings. The first-order valence-electron chi connectivity index (χ1n) is 9.96. The minimum absolute atomic E-state index is 0. The van der Waals surface area contributed by atoms with Gasteiger partial charge in [0, 0.05) is 25.6 Å². The summed E-state index contributed by atoms with van der Waals surface area (Å²) in [6, 6.07) is 9.14. The third-order valence-electron chi connectivity index (χ3n) is 4.65. The number of hydrogen-bond acceptors (Lipinski definition) is 4. The van der Waals surface area contributed by atoms with Crippen molar-refractivity contribution in [2.24, 2.45) is 4.99 Å². The van der Waals surface area contributed by atoms with Crippen LogP contribution in [0.1, 0.15) is 55.2 Å². The van der Waals surface area contributed by atoms with Gasteiger partial charge in [0.1, 0.15) is 6.61 Å². The molecule has 0 atom stereocenters. The molecule has 1 aromatic carbocycles. The van der Waals surface area contributed by atoms with E-state index >= 15 is 0 Å². The van der Waals surface area contributed by atoms with Crippen LogP contribution in [0.25, 0.3) is 0 Å². The Morgan fingerprint density at radius 3 is 2.29 bits per heavy atom.